The highest BCUT2D eigenvalue weighted by molar-refractivity contribution is 5.54. The number of hydrogen-bond donors (Lipinski definition) is 1. The minimum Gasteiger partial charge on any atom is -0.489 e. The first kappa shape index (κ1) is 14.9. The lowest BCUT2D eigenvalue weighted by Gasteiger charge is -2.31. The van der Waals surface area contributed by atoms with Crippen molar-refractivity contribution in [3.8, 4) is 5.75 Å². The third-order valence-corrected chi connectivity index (χ3v) is 4.19. The lowest BCUT2D eigenvalue weighted by molar-refractivity contribution is 0.303. The standard InChI is InChI=1S/C19H24N2O/c1-2-16-7-4-6-10-19(16)22-15-17-8-3-5-9-18(17)21-13-11-20-12-14-21/h3-10,20H,2,11-15H2,1H3. The van der Waals surface area contributed by atoms with Gasteiger partial charge >= 0.3 is 0 Å². The minimum absolute atomic E-state index is 0.622. The highest BCUT2D eigenvalue weighted by Crippen LogP contribution is 2.24. The Labute approximate surface area is 132 Å². The van der Waals surface area contributed by atoms with Crippen molar-refractivity contribution in [1.82, 2.24) is 5.32 Å². The molecule has 3 heteroatoms. The predicted octanol–water partition coefficient (Wildman–Crippen LogP) is 3.24. The molecule has 1 aliphatic heterocycles. The second-order valence-corrected chi connectivity index (χ2v) is 5.62. The van der Waals surface area contributed by atoms with Gasteiger partial charge in [-0.25, -0.2) is 0 Å². The zero-order valence-electron chi connectivity index (χ0n) is 13.2. The van der Waals surface area contributed by atoms with Gasteiger partial charge in [-0.3, -0.25) is 0 Å². The fourth-order valence-electron chi connectivity index (χ4n) is 2.94. The van der Waals surface area contributed by atoms with E-state index in [1.165, 1.54) is 16.8 Å². The third kappa shape index (κ3) is 3.42. The number of benzene rings is 2. The van der Waals surface area contributed by atoms with Crippen molar-refractivity contribution >= 4 is 5.69 Å². The summed E-state index contributed by atoms with van der Waals surface area (Å²) in [5.41, 5.74) is 3.83. The molecule has 3 rings (SSSR count). The van der Waals surface area contributed by atoms with Gasteiger partial charge in [0.2, 0.25) is 0 Å². The van der Waals surface area contributed by atoms with Crippen LogP contribution in [0.5, 0.6) is 5.75 Å². The number of para-hydroxylation sites is 2. The number of rotatable bonds is 5. The summed E-state index contributed by atoms with van der Waals surface area (Å²) in [5.74, 6) is 1.00. The van der Waals surface area contributed by atoms with Gasteiger partial charge in [-0.2, -0.15) is 0 Å². The zero-order chi connectivity index (χ0) is 15.2. The molecular weight excluding hydrogens is 272 g/mol. The van der Waals surface area contributed by atoms with Gasteiger partial charge < -0.3 is 15.0 Å². The number of nitrogens with one attached hydrogen (secondary N) is 1. The highest BCUT2D eigenvalue weighted by Gasteiger charge is 2.14. The first-order valence-electron chi connectivity index (χ1n) is 8.12. The summed E-state index contributed by atoms with van der Waals surface area (Å²) in [4.78, 5) is 2.45. The Morgan fingerprint density at radius 3 is 2.41 bits per heavy atom. The van der Waals surface area contributed by atoms with Crippen molar-refractivity contribution in [2.75, 3.05) is 31.1 Å². The summed E-state index contributed by atoms with van der Waals surface area (Å²) in [6.07, 6.45) is 0.996. The van der Waals surface area contributed by atoms with Gasteiger partial charge in [0.15, 0.2) is 0 Å². The molecule has 3 nitrogen and oxygen atoms in total. The van der Waals surface area contributed by atoms with E-state index in [0.717, 1.165) is 38.3 Å². The van der Waals surface area contributed by atoms with E-state index in [1.807, 2.05) is 6.07 Å². The van der Waals surface area contributed by atoms with Gasteiger partial charge in [0.1, 0.15) is 12.4 Å². The Bertz CT molecular complexity index is 606. The Balaban J connectivity index is 1.75. The number of anilines is 1. The maximum absolute atomic E-state index is 6.10. The van der Waals surface area contributed by atoms with Gasteiger partial charge in [0, 0.05) is 37.4 Å². The smallest absolute Gasteiger partial charge is 0.122 e. The van der Waals surface area contributed by atoms with E-state index in [-0.39, 0.29) is 0 Å². The van der Waals surface area contributed by atoms with E-state index >= 15 is 0 Å². The van der Waals surface area contributed by atoms with Crippen molar-refractivity contribution in [3.05, 3.63) is 59.7 Å². The summed E-state index contributed by atoms with van der Waals surface area (Å²) in [5, 5.41) is 3.40. The molecule has 1 aliphatic rings. The first-order chi connectivity index (χ1) is 10.9. The molecule has 0 aliphatic carbocycles. The van der Waals surface area contributed by atoms with Crippen molar-refractivity contribution in [2.45, 2.75) is 20.0 Å². The molecule has 0 atom stereocenters. The van der Waals surface area contributed by atoms with Crippen LogP contribution in [0, 0.1) is 0 Å². The quantitative estimate of drug-likeness (QED) is 0.917. The lowest BCUT2D eigenvalue weighted by Crippen LogP contribution is -2.43. The number of aryl methyl sites for hydroxylation is 1. The van der Waals surface area contributed by atoms with Crippen LogP contribution in [0.15, 0.2) is 48.5 Å². The molecule has 22 heavy (non-hydrogen) atoms. The second kappa shape index (κ2) is 7.32. The molecule has 1 heterocycles. The van der Waals surface area contributed by atoms with Crippen molar-refractivity contribution < 1.29 is 4.74 Å². The zero-order valence-corrected chi connectivity index (χ0v) is 13.2. The van der Waals surface area contributed by atoms with Crippen molar-refractivity contribution in [3.63, 3.8) is 0 Å². The second-order valence-electron chi connectivity index (χ2n) is 5.62. The fraction of sp³-hybridized carbons (Fsp3) is 0.368. The molecule has 0 radical (unpaired) electrons. The topological polar surface area (TPSA) is 24.5 Å². The molecule has 2 aromatic carbocycles. The third-order valence-electron chi connectivity index (χ3n) is 4.19. The molecule has 2 aromatic rings. The average Bonchev–Trinajstić information content (AvgIpc) is 2.61. The number of piperazine rings is 1. The van der Waals surface area contributed by atoms with Crippen LogP contribution in [0.1, 0.15) is 18.1 Å². The molecule has 1 fully saturated rings. The molecular formula is C19H24N2O. The summed E-state index contributed by atoms with van der Waals surface area (Å²) in [7, 11) is 0. The van der Waals surface area contributed by atoms with Gasteiger partial charge in [-0.15, -0.1) is 0 Å². The number of ether oxygens (including phenoxy) is 1. The Hall–Kier alpha value is -2.00. The van der Waals surface area contributed by atoms with Crippen LogP contribution in [0.25, 0.3) is 0 Å². The van der Waals surface area contributed by atoms with Crippen LogP contribution in [0.2, 0.25) is 0 Å². The van der Waals surface area contributed by atoms with Gasteiger partial charge in [0.25, 0.3) is 0 Å². The summed E-state index contributed by atoms with van der Waals surface area (Å²) in [6.45, 7) is 7.00. The minimum atomic E-state index is 0.622. The molecule has 0 unspecified atom stereocenters. The molecule has 1 N–H and O–H groups in total. The fourth-order valence-corrected chi connectivity index (χ4v) is 2.94. The first-order valence-corrected chi connectivity index (χ1v) is 8.12. The van der Waals surface area contributed by atoms with Crippen LogP contribution >= 0.6 is 0 Å². The van der Waals surface area contributed by atoms with E-state index in [9.17, 15) is 0 Å². The molecule has 116 valence electrons. The molecule has 1 saturated heterocycles. The van der Waals surface area contributed by atoms with Crippen LogP contribution in [-0.2, 0) is 13.0 Å². The number of hydrogen-bond acceptors (Lipinski definition) is 3. The van der Waals surface area contributed by atoms with Crippen LogP contribution in [0.3, 0.4) is 0 Å². The van der Waals surface area contributed by atoms with E-state index < -0.39 is 0 Å². The monoisotopic (exact) mass is 296 g/mol. The van der Waals surface area contributed by atoms with Crippen LogP contribution in [0.4, 0.5) is 5.69 Å². The van der Waals surface area contributed by atoms with E-state index in [1.54, 1.807) is 0 Å². The van der Waals surface area contributed by atoms with Crippen molar-refractivity contribution in [1.29, 1.82) is 0 Å². The van der Waals surface area contributed by atoms with Crippen molar-refractivity contribution in [2.24, 2.45) is 0 Å². The largest absolute Gasteiger partial charge is 0.489 e. The maximum atomic E-state index is 6.10. The molecule has 0 saturated carbocycles. The Morgan fingerprint density at radius 2 is 1.64 bits per heavy atom. The molecule has 0 aromatic heterocycles. The summed E-state index contributed by atoms with van der Waals surface area (Å²) in [6, 6.07) is 16.9. The average molecular weight is 296 g/mol. The number of nitrogens with zero attached hydrogens (tertiary/aromatic N) is 1. The molecule has 0 amide bonds. The van der Waals surface area contributed by atoms with E-state index in [0.29, 0.717) is 6.61 Å². The van der Waals surface area contributed by atoms with E-state index in [4.69, 9.17) is 4.74 Å². The lowest BCUT2D eigenvalue weighted by atomic mass is 10.1. The van der Waals surface area contributed by atoms with Gasteiger partial charge in [0.05, 0.1) is 0 Å². The Morgan fingerprint density at radius 1 is 0.955 bits per heavy atom. The SMILES string of the molecule is CCc1ccccc1OCc1ccccc1N1CCNCC1. The predicted molar refractivity (Wildman–Crippen MR) is 91.7 cm³/mol. The van der Waals surface area contributed by atoms with Gasteiger partial charge in [-0.05, 0) is 24.1 Å². The summed E-state index contributed by atoms with van der Waals surface area (Å²) < 4.78 is 6.10. The summed E-state index contributed by atoms with van der Waals surface area (Å²) >= 11 is 0. The maximum Gasteiger partial charge on any atom is 0.122 e. The Kier molecular flexibility index (Phi) is 4.96. The van der Waals surface area contributed by atoms with Crippen LogP contribution in [-0.4, -0.2) is 26.2 Å². The molecule has 0 spiro atoms. The van der Waals surface area contributed by atoms with Crippen LogP contribution < -0.4 is 15.0 Å². The molecule has 0 bridgehead atoms. The van der Waals surface area contributed by atoms with E-state index in [2.05, 4.69) is 59.6 Å². The van der Waals surface area contributed by atoms with Gasteiger partial charge in [-0.1, -0.05) is 43.3 Å². The highest BCUT2D eigenvalue weighted by atomic mass is 16.5. The normalized spacial score (nSPS) is 14.9.